The number of aromatic nitrogens is 1. The summed E-state index contributed by atoms with van der Waals surface area (Å²) in [6.07, 6.45) is 0. The van der Waals surface area contributed by atoms with Gasteiger partial charge in [0.25, 0.3) is 5.95 Å². The molecule has 1 N–H and O–H groups in total. The van der Waals surface area contributed by atoms with Crippen LogP contribution in [0.1, 0.15) is 5.56 Å². The highest BCUT2D eigenvalue weighted by atomic mass is 79.9. The summed E-state index contributed by atoms with van der Waals surface area (Å²) in [4.78, 5) is 3.10. The smallest absolute Gasteiger partial charge is 0.251 e. The second-order valence-corrected chi connectivity index (χ2v) is 4.54. The summed E-state index contributed by atoms with van der Waals surface area (Å²) in [6.45, 7) is 0.00728. The Kier molecular flexibility index (Phi) is 4.04. The van der Waals surface area contributed by atoms with E-state index < -0.39 is 29.2 Å². The molecule has 2 rings (SSSR count). The van der Waals surface area contributed by atoms with E-state index in [2.05, 4.69) is 26.2 Å². The molecule has 1 aromatic heterocycles. The lowest BCUT2D eigenvalue weighted by Gasteiger charge is -2.08. The highest BCUT2D eigenvalue weighted by Gasteiger charge is 2.12. The van der Waals surface area contributed by atoms with Gasteiger partial charge in [-0.2, -0.15) is 9.37 Å². The third-order valence-corrected chi connectivity index (χ3v) is 3.11. The minimum absolute atomic E-state index is 0.00728. The maximum atomic E-state index is 13.3. The molecule has 0 fully saturated rings. The first kappa shape index (κ1) is 13.8. The lowest BCUT2D eigenvalue weighted by molar-refractivity contribution is 0.466. The maximum absolute atomic E-state index is 13.3. The van der Waals surface area contributed by atoms with Crippen LogP contribution in [0, 0.1) is 23.4 Å². The van der Waals surface area contributed by atoms with E-state index in [0.29, 0.717) is 16.1 Å². The fraction of sp³-hybridized carbons (Fsp3) is 0.0833. The number of anilines is 1. The molecule has 1 heterocycles. The second-order valence-electron chi connectivity index (χ2n) is 3.68. The summed E-state index contributed by atoms with van der Waals surface area (Å²) in [5.41, 5.74) is 0.492. The number of pyridine rings is 1. The number of rotatable bonds is 3. The zero-order valence-corrected chi connectivity index (χ0v) is 10.9. The highest BCUT2D eigenvalue weighted by molar-refractivity contribution is 9.10. The number of halogens is 5. The van der Waals surface area contributed by atoms with Crippen molar-refractivity contribution in [1.82, 2.24) is 4.98 Å². The van der Waals surface area contributed by atoms with Gasteiger partial charge >= 0.3 is 0 Å². The summed E-state index contributed by atoms with van der Waals surface area (Å²) in [5, 5.41) is 2.48. The van der Waals surface area contributed by atoms with E-state index in [4.69, 9.17) is 0 Å². The van der Waals surface area contributed by atoms with E-state index in [9.17, 15) is 17.6 Å². The Labute approximate surface area is 114 Å². The molecular formula is C12H7BrF4N2. The van der Waals surface area contributed by atoms with Crippen LogP contribution in [0.3, 0.4) is 0 Å². The van der Waals surface area contributed by atoms with Crippen LogP contribution in [0.15, 0.2) is 28.7 Å². The van der Waals surface area contributed by atoms with Gasteiger partial charge < -0.3 is 5.32 Å². The van der Waals surface area contributed by atoms with Crippen molar-refractivity contribution < 1.29 is 17.6 Å². The van der Waals surface area contributed by atoms with Gasteiger partial charge in [-0.1, -0.05) is 15.9 Å². The van der Waals surface area contributed by atoms with E-state index >= 15 is 0 Å². The van der Waals surface area contributed by atoms with Gasteiger partial charge in [0, 0.05) is 17.1 Å². The Hall–Kier alpha value is -1.63. The quantitative estimate of drug-likeness (QED) is 0.677. The number of nitrogens with zero attached hydrogens (tertiary/aromatic N) is 1. The fourth-order valence-electron chi connectivity index (χ4n) is 1.43. The average molecular weight is 335 g/mol. The Bertz CT molecular complexity index is 619. The second kappa shape index (κ2) is 5.56. The molecule has 0 spiro atoms. The molecule has 0 atom stereocenters. The maximum Gasteiger partial charge on any atom is 0.251 e. The summed E-state index contributed by atoms with van der Waals surface area (Å²) < 4.78 is 52.5. The largest absolute Gasteiger partial charge is 0.363 e. The molecule has 0 saturated heterocycles. The first-order chi connectivity index (χ1) is 8.97. The highest BCUT2D eigenvalue weighted by Crippen LogP contribution is 2.20. The van der Waals surface area contributed by atoms with Crippen LogP contribution in [-0.4, -0.2) is 4.98 Å². The van der Waals surface area contributed by atoms with Crippen molar-refractivity contribution in [3.05, 3.63) is 57.7 Å². The van der Waals surface area contributed by atoms with Gasteiger partial charge in [0.1, 0.15) is 5.82 Å². The SMILES string of the molecule is Fc1ccc(Br)c(CNc2nc(F)c(F)cc2F)c1. The zero-order valence-electron chi connectivity index (χ0n) is 9.35. The molecule has 0 aliphatic rings. The number of hydrogen-bond acceptors (Lipinski definition) is 2. The van der Waals surface area contributed by atoms with Crippen molar-refractivity contribution in [2.24, 2.45) is 0 Å². The van der Waals surface area contributed by atoms with Crippen LogP contribution in [0.2, 0.25) is 0 Å². The molecular weight excluding hydrogens is 328 g/mol. The Balaban J connectivity index is 2.19. The molecule has 0 unspecified atom stereocenters. The molecule has 100 valence electrons. The predicted octanol–water partition coefficient (Wildman–Crippen LogP) is 4.01. The minimum atomic E-state index is -1.40. The van der Waals surface area contributed by atoms with Crippen molar-refractivity contribution in [2.45, 2.75) is 6.54 Å². The lowest BCUT2D eigenvalue weighted by atomic mass is 10.2. The lowest BCUT2D eigenvalue weighted by Crippen LogP contribution is -2.07. The van der Waals surface area contributed by atoms with Crippen LogP contribution >= 0.6 is 15.9 Å². The molecule has 0 amide bonds. The summed E-state index contributed by atoms with van der Waals surface area (Å²) in [5.74, 6) is -4.68. The molecule has 0 aliphatic heterocycles. The van der Waals surface area contributed by atoms with Gasteiger partial charge in [-0.05, 0) is 23.8 Å². The molecule has 19 heavy (non-hydrogen) atoms. The molecule has 7 heteroatoms. The third-order valence-electron chi connectivity index (χ3n) is 2.34. The van der Waals surface area contributed by atoms with Gasteiger partial charge in [0.05, 0.1) is 0 Å². The molecule has 0 bridgehead atoms. The van der Waals surface area contributed by atoms with Crippen LogP contribution in [-0.2, 0) is 6.54 Å². The molecule has 2 nitrogen and oxygen atoms in total. The molecule has 2 aromatic rings. The summed E-state index contributed by atoms with van der Waals surface area (Å²) >= 11 is 3.19. The topological polar surface area (TPSA) is 24.9 Å². The van der Waals surface area contributed by atoms with Gasteiger partial charge in [0.15, 0.2) is 17.5 Å². The van der Waals surface area contributed by atoms with Crippen molar-refractivity contribution in [3.63, 3.8) is 0 Å². The number of nitrogens with one attached hydrogen (secondary N) is 1. The summed E-state index contributed by atoms with van der Waals surface area (Å²) in [6, 6.07) is 4.37. The molecule has 1 aromatic carbocycles. The van der Waals surface area contributed by atoms with Gasteiger partial charge in [-0.25, -0.2) is 13.2 Å². The van der Waals surface area contributed by atoms with E-state index in [1.165, 1.54) is 18.2 Å². The first-order valence-electron chi connectivity index (χ1n) is 5.16. The Morgan fingerprint density at radius 3 is 2.53 bits per heavy atom. The minimum Gasteiger partial charge on any atom is -0.363 e. The van der Waals surface area contributed by atoms with Crippen molar-refractivity contribution >= 4 is 21.7 Å². The van der Waals surface area contributed by atoms with E-state index in [1.54, 1.807) is 0 Å². The van der Waals surface area contributed by atoms with E-state index in [1.807, 2.05) is 0 Å². The van der Waals surface area contributed by atoms with Crippen molar-refractivity contribution in [1.29, 1.82) is 0 Å². The first-order valence-corrected chi connectivity index (χ1v) is 5.96. The normalized spacial score (nSPS) is 10.6. The Morgan fingerprint density at radius 1 is 1.05 bits per heavy atom. The van der Waals surface area contributed by atoms with Crippen LogP contribution < -0.4 is 5.32 Å². The van der Waals surface area contributed by atoms with Crippen LogP contribution in [0.4, 0.5) is 23.4 Å². The van der Waals surface area contributed by atoms with E-state index in [-0.39, 0.29) is 6.54 Å². The zero-order chi connectivity index (χ0) is 14.0. The monoisotopic (exact) mass is 334 g/mol. The Morgan fingerprint density at radius 2 is 1.79 bits per heavy atom. The van der Waals surface area contributed by atoms with Crippen LogP contribution in [0.25, 0.3) is 0 Å². The average Bonchev–Trinajstić information content (AvgIpc) is 2.36. The van der Waals surface area contributed by atoms with Gasteiger partial charge in [0.2, 0.25) is 0 Å². The van der Waals surface area contributed by atoms with Crippen molar-refractivity contribution in [3.8, 4) is 0 Å². The number of hydrogen-bond donors (Lipinski definition) is 1. The molecule has 0 aliphatic carbocycles. The third kappa shape index (κ3) is 3.23. The fourth-order valence-corrected chi connectivity index (χ4v) is 1.81. The predicted molar refractivity (Wildman–Crippen MR) is 65.5 cm³/mol. The molecule has 0 saturated carbocycles. The standard InChI is InChI=1S/C12H7BrF4N2/c13-8-2-1-7(14)3-6(8)5-18-12-10(16)4-9(15)11(17)19-12/h1-4H,5H2,(H,18,19). The molecule has 0 radical (unpaired) electrons. The summed E-state index contributed by atoms with van der Waals surface area (Å²) in [7, 11) is 0. The van der Waals surface area contributed by atoms with E-state index in [0.717, 1.165) is 0 Å². The van der Waals surface area contributed by atoms with Crippen LogP contribution in [0.5, 0.6) is 0 Å². The van der Waals surface area contributed by atoms with Crippen molar-refractivity contribution in [2.75, 3.05) is 5.32 Å². The van der Waals surface area contributed by atoms with Gasteiger partial charge in [-0.3, -0.25) is 0 Å². The number of benzene rings is 1. The van der Waals surface area contributed by atoms with Gasteiger partial charge in [-0.15, -0.1) is 0 Å².